The first-order chi connectivity index (χ1) is 12.7. The molecular formula is C20H23N5O. The Morgan fingerprint density at radius 2 is 1.96 bits per heavy atom. The molecule has 0 spiro atoms. The summed E-state index contributed by atoms with van der Waals surface area (Å²) in [7, 11) is 0. The van der Waals surface area contributed by atoms with Crippen LogP contribution >= 0.6 is 0 Å². The van der Waals surface area contributed by atoms with Crippen LogP contribution in [0.25, 0.3) is 0 Å². The summed E-state index contributed by atoms with van der Waals surface area (Å²) in [5, 5.41) is 0. The summed E-state index contributed by atoms with van der Waals surface area (Å²) in [6.07, 6.45) is 8.66. The maximum atomic E-state index is 12.8. The summed E-state index contributed by atoms with van der Waals surface area (Å²) < 4.78 is 0. The highest BCUT2D eigenvalue weighted by Gasteiger charge is 2.25. The third kappa shape index (κ3) is 3.31. The fourth-order valence-electron chi connectivity index (χ4n) is 3.65. The summed E-state index contributed by atoms with van der Waals surface area (Å²) >= 11 is 0. The first-order valence-electron chi connectivity index (χ1n) is 9.19. The van der Waals surface area contributed by atoms with Crippen LogP contribution in [0.2, 0.25) is 0 Å². The number of fused-ring (bicyclic) bond motifs is 1. The van der Waals surface area contributed by atoms with Crippen LogP contribution in [0, 0.1) is 6.92 Å². The summed E-state index contributed by atoms with van der Waals surface area (Å²) in [5.41, 5.74) is 2.78. The molecule has 2 aromatic heterocycles. The maximum Gasteiger partial charge on any atom is 0.272 e. The van der Waals surface area contributed by atoms with Crippen molar-refractivity contribution >= 4 is 11.7 Å². The van der Waals surface area contributed by atoms with Crippen LogP contribution in [0.5, 0.6) is 0 Å². The van der Waals surface area contributed by atoms with E-state index in [0.717, 1.165) is 49.7 Å². The average Bonchev–Trinajstić information content (AvgIpc) is 2.91. The van der Waals surface area contributed by atoms with E-state index in [1.807, 2.05) is 24.0 Å². The van der Waals surface area contributed by atoms with E-state index in [1.54, 1.807) is 12.3 Å². The lowest BCUT2D eigenvalue weighted by Gasteiger charge is -2.27. The number of nitrogens with zero attached hydrogens (tertiary/aromatic N) is 5. The Morgan fingerprint density at radius 1 is 1.08 bits per heavy atom. The molecule has 2 aliphatic heterocycles. The number of carbonyl (C=O) groups is 1. The summed E-state index contributed by atoms with van der Waals surface area (Å²) in [5.74, 6) is 1.84. The molecule has 0 N–H and O–H groups in total. The Hall–Kier alpha value is -2.76. The molecule has 4 rings (SSSR count). The van der Waals surface area contributed by atoms with Crippen LogP contribution in [-0.2, 0) is 12.8 Å². The predicted octanol–water partition coefficient (Wildman–Crippen LogP) is 2.19. The second kappa shape index (κ2) is 7.23. The van der Waals surface area contributed by atoms with E-state index in [9.17, 15) is 4.79 Å². The molecule has 1 amide bonds. The molecule has 0 unspecified atom stereocenters. The number of rotatable bonds is 2. The second-order valence-electron chi connectivity index (χ2n) is 6.73. The highest BCUT2D eigenvalue weighted by atomic mass is 16.2. The van der Waals surface area contributed by atoms with Gasteiger partial charge in [-0.1, -0.05) is 18.2 Å². The fraction of sp³-hybridized carbons (Fsp3) is 0.400. The zero-order chi connectivity index (χ0) is 17.9. The van der Waals surface area contributed by atoms with E-state index in [-0.39, 0.29) is 5.91 Å². The molecule has 0 aromatic carbocycles. The molecule has 26 heavy (non-hydrogen) atoms. The Labute approximate surface area is 153 Å². The Kier molecular flexibility index (Phi) is 4.65. The molecule has 0 atom stereocenters. The Bertz CT molecular complexity index is 834. The van der Waals surface area contributed by atoms with Crippen LogP contribution in [0.3, 0.4) is 0 Å². The predicted molar refractivity (Wildman–Crippen MR) is 100 cm³/mol. The van der Waals surface area contributed by atoms with Gasteiger partial charge in [-0.3, -0.25) is 9.78 Å². The summed E-state index contributed by atoms with van der Waals surface area (Å²) in [6, 6.07) is 5.45. The van der Waals surface area contributed by atoms with Crippen molar-refractivity contribution in [1.29, 1.82) is 0 Å². The number of aromatic nitrogens is 3. The van der Waals surface area contributed by atoms with Gasteiger partial charge in [-0.05, 0) is 31.9 Å². The van der Waals surface area contributed by atoms with Gasteiger partial charge in [0.05, 0.1) is 5.69 Å². The standard InChI is InChI=1S/C20H23N5O/c1-15-22-17-9-14-25(20(26)18-7-3-4-10-21-18)13-8-16(17)19(23-15)24-11-5-2-6-12-24/h2-5,7,10H,6,8-9,11-14H2,1H3. The van der Waals surface area contributed by atoms with E-state index in [2.05, 4.69) is 27.0 Å². The minimum Gasteiger partial charge on any atom is -0.352 e. The van der Waals surface area contributed by atoms with Gasteiger partial charge < -0.3 is 9.80 Å². The Balaban J connectivity index is 1.59. The van der Waals surface area contributed by atoms with Gasteiger partial charge in [0.15, 0.2) is 0 Å². The largest absolute Gasteiger partial charge is 0.352 e. The van der Waals surface area contributed by atoms with E-state index < -0.39 is 0 Å². The van der Waals surface area contributed by atoms with Crippen molar-refractivity contribution in [2.45, 2.75) is 26.2 Å². The molecule has 0 radical (unpaired) electrons. The number of hydrogen-bond donors (Lipinski definition) is 0. The van der Waals surface area contributed by atoms with E-state index in [1.165, 1.54) is 5.56 Å². The van der Waals surface area contributed by atoms with Crippen LogP contribution in [0.4, 0.5) is 5.82 Å². The van der Waals surface area contributed by atoms with Crippen molar-refractivity contribution in [2.24, 2.45) is 0 Å². The molecule has 0 aliphatic carbocycles. The van der Waals surface area contributed by atoms with Crippen molar-refractivity contribution in [3.63, 3.8) is 0 Å². The van der Waals surface area contributed by atoms with Crippen LogP contribution in [-0.4, -0.2) is 51.9 Å². The van der Waals surface area contributed by atoms with Crippen molar-refractivity contribution in [3.8, 4) is 0 Å². The number of anilines is 1. The molecule has 0 saturated carbocycles. The highest BCUT2D eigenvalue weighted by molar-refractivity contribution is 5.92. The number of aryl methyl sites for hydroxylation is 1. The van der Waals surface area contributed by atoms with Gasteiger partial charge in [0.25, 0.3) is 5.91 Å². The maximum absolute atomic E-state index is 12.8. The number of hydrogen-bond acceptors (Lipinski definition) is 5. The van der Waals surface area contributed by atoms with E-state index in [0.29, 0.717) is 18.8 Å². The van der Waals surface area contributed by atoms with Crippen LogP contribution < -0.4 is 4.90 Å². The smallest absolute Gasteiger partial charge is 0.272 e. The quantitative estimate of drug-likeness (QED) is 0.778. The van der Waals surface area contributed by atoms with Crippen LogP contribution in [0.1, 0.15) is 34.0 Å². The first-order valence-corrected chi connectivity index (χ1v) is 9.19. The fourth-order valence-corrected chi connectivity index (χ4v) is 3.65. The van der Waals surface area contributed by atoms with Gasteiger partial charge in [-0.25, -0.2) is 9.97 Å². The van der Waals surface area contributed by atoms with Crippen molar-refractivity contribution in [3.05, 3.63) is 59.3 Å². The normalized spacial score (nSPS) is 17.0. The summed E-state index contributed by atoms with van der Waals surface area (Å²) in [6.45, 7) is 5.16. The van der Waals surface area contributed by atoms with Gasteiger partial charge in [0, 0.05) is 44.4 Å². The monoisotopic (exact) mass is 349 g/mol. The van der Waals surface area contributed by atoms with E-state index >= 15 is 0 Å². The van der Waals surface area contributed by atoms with Gasteiger partial charge in [0.1, 0.15) is 17.3 Å². The number of pyridine rings is 1. The molecule has 0 saturated heterocycles. The average molecular weight is 349 g/mol. The molecular weight excluding hydrogens is 326 g/mol. The van der Waals surface area contributed by atoms with Crippen molar-refractivity contribution < 1.29 is 4.79 Å². The highest BCUT2D eigenvalue weighted by Crippen LogP contribution is 2.26. The lowest BCUT2D eigenvalue weighted by atomic mass is 10.1. The zero-order valence-electron chi connectivity index (χ0n) is 15.1. The lowest BCUT2D eigenvalue weighted by Crippen LogP contribution is -2.34. The third-order valence-electron chi connectivity index (χ3n) is 4.96. The molecule has 6 heteroatoms. The molecule has 2 aromatic rings. The van der Waals surface area contributed by atoms with Gasteiger partial charge in [0.2, 0.25) is 0 Å². The first kappa shape index (κ1) is 16.7. The minimum absolute atomic E-state index is 0.00876. The van der Waals surface area contributed by atoms with Gasteiger partial charge in [-0.2, -0.15) is 0 Å². The molecule has 0 fully saturated rings. The molecule has 0 bridgehead atoms. The molecule has 4 heterocycles. The topological polar surface area (TPSA) is 62.2 Å². The number of amides is 1. The molecule has 6 nitrogen and oxygen atoms in total. The van der Waals surface area contributed by atoms with Gasteiger partial charge in [-0.15, -0.1) is 0 Å². The SMILES string of the molecule is Cc1nc2c(c(N3CC=CCC3)n1)CCN(C(=O)c1ccccn1)CC2. The van der Waals surface area contributed by atoms with Crippen molar-refractivity contribution in [2.75, 3.05) is 31.1 Å². The zero-order valence-corrected chi connectivity index (χ0v) is 15.1. The van der Waals surface area contributed by atoms with Crippen LogP contribution in [0.15, 0.2) is 36.5 Å². The minimum atomic E-state index is -0.00876. The van der Waals surface area contributed by atoms with E-state index in [4.69, 9.17) is 4.98 Å². The Morgan fingerprint density at radius 3 is 2.73 bits per heavy atom. The number of carbonyl (C=O) groups excluding carboxylic acids is 1. The molecule has 2 aliphatic rings. The third-order valence-corrected chi connectivity index (χ3v) is 4.96. The molecule has 134 valence electrons. The van der Waals surface area contributed by atoms with Crippen molar-refractivity contribution in [1.82, 2.24) is 19.9 Å². The summed E-state index contributed by atoms with van der Waals surface area (Å²) in [4.78, 5) is 30.6. The lowest BCUT2D eigenvalue weighted by molar-refractivity contribution is 0.0757. The van der Waals surface area contributed by atoms with Gasteiger partial charge >= 0.3 is 0 Å². The second-order valence-corrected chi connectivity index (χ2v) is 6.73.